The van der Waals surface area contributed by atoms with Gasteiger partial charge in [0.25, 0.3) is 5.91 Å². The van der Waals surface area contributed by atoms with E-state index in [0.717, 1.165) is 24.2 Å². The number of rotatable bonds is 7. The Balaban J connectivity index is 1.67. The Bertz CT molecular complexity index is 728. The van der Waals surface area contributed by atoms with Gasteiger partial charge >= 0.3 is 0 Å². The van der Waals surface area contributed by atoms with Gasteiger partial charge < -0.3 is 14.8 Å². The quantitative estimate of drug-likeness (QED) is 0.812. The zero-order valence-electron chi connectivity index (χ0n) is 15.5. The summed E-state index contributed by atoms with van der Waals surface area (Å²) in [6.45, 7) is 3.85. The summed E-state index contributed by atoms with van der Waals surface area (Å²) in [5.74, 6) is -0.390. The Labute approximate surface area is 159 Å². The molecule has 6 heteroatoms. The predicted molar refractivity (Wildman–Crippen MR) is 101 cm³/mol. The van der Waals surface area contributed by atoms with Crippen molar-refractivity contribution in [2.24, 2.45) is 0 Å². The van der Waals surface area contributed by atoms with Crippen molar-refractivity contribution in [1.82, 2.24) is 10.2 Å². The number of hydrogen-bond donors (Lipinski definition) is 1. The molecular formula is C21H25FN2O3. The van der Waals surface area contributed by atoms with Crippen LogP contribution in [0.3, 0.4) is 0 Å². The largest absolute Gasteiger partial charge is 0.380 e. The van der Waals surface area contributed by atoms with E-state index in [1.54, 1.807) is 31.4 Å². The Kier molecular flexibility index (Phi) is 6.92. The third-order valence-electron chi connectivity index (χ3n) is 4.72. The number of nitrogens with zero attached hydrogens (tertiary/aromatic N) is 1. The Morgan fingerprint density at radius 1 is 1.15 bits per heavy atom. The zero-order chi connectivity index (χ0) is 19.1. The SMILES string of the molecule is COCc1ccc(C(=O)NCC(c2ccc(F)cc2)N2CCOCC2)cc1. The highest BCUT2D eigenvalue weighted by Gasteiger charge is 2.23. The van der Waals surface area contributed by atoms with Crippen LogP contribution in [-0.2, 0) is 16.1 Å². The molecule has 1 unspecified atom stereocenters. The van der Waals surface area contributed by atoms with Crippen molar-refractivity contribution in [1.29, 1.82) is 0 Å². The molecule has 0 saturated carbocycles. The fourth-order valence-electron chi connectivity index (χ4n) is 3.24. The minimum absolute atomic E-state index is 0.0220. The standard InChI is InChI=1S/C21H25FN2O3/c1-26-15-16-2-4-18(5-3-16)21(25)23-14-20(24-10-12-27-13-11-24)17-6-8-19(22)9-7-17/h2-9,20H,10-15H2,1H3,(H,23,25). The smallest absolute Gasteiger partial charge is 0.251 e. The van der Waals surface area contributed by atoms with Crippen LogP contribution in [0.4, 0.5) is 4.39 Å². The van der Waals surface area contributed by atoms with Crippen LogP contribution in [0.5, 0.6) is 0 Å². The lowest BCUT2D eigenvalue weighted by Crippen LogP contribution is -2.43. The van der Waals surface area contributed by atoms with Crippen LogP contribution in [0.2, 0.25) is 0 Å². The first kappa shape index (κ1) is 19.5. The minimum atomic E-state index is -0.264. The summed E-state index contributed by atoms with van der Waals surface area (Å²) >= 11 is 0. The fraction of sp³-hybridized carbons (Fsp3) is 0.381. The van der Waals surface area contributed by atoms with Crippen LogP contribution in [-0.4, -0.2) is 50.8 Å². The molecule has 1 aliphatic heterocycles. The lowest BCUT2D eigenvalue weighted by molar-refractivity contribution is 0.0162. The molecule has 144 valence electrons. The summed E-state index contributed by atoms with van der Waals surface area (Å²) in [6, 6.07) is 13.8. The summed E-state index contributed by atoms with van der Waals surface area (Å²) in [5.41, 5.74) is 2.61. The van der Waals surface area contributed by atoms with E-state index in [9.17, 15) is 9.18 Å². The van der Waals surface area contributed by atoms with Crippen molar-refractivity contribution in [2.75, 3.05) is 40.0 Å². The lowest BCUT2D eigenvalue weighted by atomic mass is 10.0. The van der Waals surface area contributed by atoms with Gasteiger partial charge in [0.15, 0.2) is 0 Å². The third-order valence-corrected chi connectivity index (χ3v) is 4.72. The van der Waals surface area contributed by atoms with Crippen LogP contribution in [0.25, 0.3) is 0 Å². The molecule has 1 amide bonds. The minimum Gasteiger partial charge on any atom is -0.380 e. The van der Waals surface area contributed by atoms with Crippen LogP contribution < -0.4 is 5.32 Å². The molecule has 0 aliphatic carbocycles. The molecule has 1 atom stereocenters. The molecule has 0 spiro atoms. The highest BCUT2D eigenvalue weighted by atomic mass is 19.1. The summed E-state index contributed by atoms with van der Waals surface area (Å²) < 4.78 is 23.8. The molecule has 1 N–H and O–H groups in total. The van der Waals surface area contributed by atoms with E-state index in [0.29, 0.717) is 31.9 Å². The fourth-order valence-corrected chi connectivity index (χ4v) is 3.24. The van der Waals surface area contributed by atoms with Crippen LogP contribution in [0.15, 0.2) is 48.5 Å². The second-order valence-electron chi connectivity index (χ2n) is 6.56. The molecule has 1 aliphatic rings. The van der Waals surface area contributed by atoms with E-state index in [1.807, 2.05) is 12.1 Å². The molecule has 0 bridgehead atoms. The average Bonchev–Trinajstić information content (AvgIpc) is 2.71. The number of amides is 1. The lowest BCUT2D eigenvalue weighted by Gasteiger charge is -2.35. The van der Waals surface area contributed by atoms with E-state index in [2.05, 4.69) is 10.2 Å². The van der Waals surface area contributed by atoms with Gasteiger partial charge in [0.2, 0.25) is 0 Å². The first-order chi connectivity index (χ1) is 13.2. The van der Waals surface area contributed by atoms with Gasteiger partial charge in [-0.3, -0.25) is 9.69 Å². The number of carbonyl (C=O) groups excluding carboxylic acids is 1. The van der Waals surface area contributed by atoms with Crippen molar-refractivity contribution in [3.8, 4) is 0 Å². The average molecular weight is 372 g/mol. The van der Waals surface area contributed by atoms with Gasteiger partial charge in [0, 0.05) is 32.3 Å². The van der Waals surface area contributed by atoms with Crippen molar-refractivity contribution < 1.29 is 18.7 Å². The Morgan fingerprint density at radius 2 is 1.81 bits per heavy atom. The van der Waals surface area contributed by atoms with Gasteiger partial charge in [-0.25, -0.2) is 4.39 Å². The number of hydrogen-bond acceptors (Lipinski definition) is 4. The summed E-state index contributed by atoms with van der Waals surface area (Å²) in [6.07, 6.45) is 0. The number of ether oxygens (including phenoxy) is 2. The second kappa shape index (κ2) is 9.60. The number of methoxy groups -OCH3 is 1. The second-order valence-corrected chi connectivity index (χ2v) is 6.56. The number of benzene rings is 2. The van der Waals surface area contributed by atoms with Crippen molar-refractivity contribution in [3.05, 3.63) is 71.0 Å². The monoisotopic (exact) mass is 372 g/mol. The molecular weight excluding hydrogens is 347 g/mol. The van der Waals surface area contributed by atoms with E-state index >= 15 is 0 Å². The molecule has 1 saturated heterocycles. The maximum absolute atomic E-state index is 13.3. The van der Waals surface area contributed by atoms with Gasteiger partial charge in [-0.2, -0.15) is 0 Å². The highest BCUT2D eigenvalue weighted by Crippen LogP contribution is 2.22. The first-order valence-corrected chi connectivity index (χ1v) is 9.10. The van der Waals surface area contributed by atoms with E-state index in [4.69, 9.17) is 9.47 Å². The van der Waals surface area contributed by atoms with E-state index < -0.39 is 0 Å². The molecule has 5 nitrogen and oxygen atoms in total. The zero-order valence-corrected chi connectivity index (χ0v) is 15.5. The number of nitrogens with one attached hydrogen (secondary N) is 1. The van der Waals surface area contributed by atoms with Gasteiger partial charge in [-0.1, -0.05) is 24.3 Å². The molecule has 0 radical (unpaired) electrons. The van der Waals surface area contributed by atoms with Crippen LogP contribution in [0.1, 0.15) is 27.5 Å². The van der Waals surface area contributed by atoms with Crippen molar-refractivity contribution in [2.45, 2.75) is 12.6 Å². The van der Waals surface area contributed by atoms with Crippen LogP contribution >= 0.6 is 0 Å². The van der Waals surface area contributed by atoms with E-state index in [1.165, 1.54) is 12.1 Å². The maximum atomic E-state index is 13.3. The molecule has 2 aromatic carbocycles. The van der Waals surface area contributed by atoms with Gasteiger partial charge in [-0.05, 0) is 35.4 Å². The Hall–Kier alpha value is -2.28. The highest BCUT2D eigenvalue weighted by molar-refractivity contribution is 5.94. The molecule has 2 aromatic rings. The topological polar surface area (TPSA) is 50.8 Å². The summed E-state index contributed by atoms with van der Waals surface area (Å²) in [5, 5.41) is 3.01. The number of morpholine rings is 1. The first-order valence-electron chi connectivity index (χ1n) is 9.10. The molecule has 3 rings (SSSR count). The number of halogens is 1. The molecule has 1 heterocycles. The normalized spacial score (nSPS) is 16.1. The van der Waals surface area contributed by atoms with Gasteiger partial charge in [0.1, 0.15) is 5.82 Å². The van der Waals surface area contributed by atoms with Crippen LogP contribution in [0, 0.1) is 5.82 Å². The summed E-state index contributed by atoms with van der Waals surface area (Å²) in [7, 11) is 1.64. The van der Waals surface area contributed by atoms with Crippen molar-refractivity contribution >= 4 is 5.91 Å². The third kappa shape index (κ3) is 5.35. The molecule has 0 aromatic heterocycles. The predicted octanol–water partition coefficient (Wildman–Crippen LogP) is 2.78. The van der Waals surface area contributed by atoms with Gasteiger partial charge in [0.05, 0.1) is 25.9 Å². The molecule has 27 heavy (non-hydrogen) atoms. The van der Waals surface area contributed by atoms with E-state index in [-0.39, 0.29) is 17.8 Å². The maximum Gasteiger partial charge on any atom is 0.251 e. The molecule has 1 fully saturated rings. The van der Waals surface area contributed by atoms with Crippen molar-refractivity contribution in [3.63, 3.8) is 0 Å². The number of carbonyl (C=O) groups is 1. The van der Waals surface area contributed by atoms with Gasteiger partial charge in [-0.15, -0.1) is 0 Å². The Morgan fingerprint density at radius 3 is 2.44 bits per heavy atom. The summed E-state index contributed by atoms with van der Waals surface area (Å²) in [4.78, 5) is 14.8.